The van der Waals surface area contributed by atoms with Crippen molar-refractivity contribution in [3.63, 3.8) is 0 Å². The molecule has 0 saturated carbocycles. The molecule has 0 aliphatic heterocycles. The van der Waals surface area contributed by atoms with Crippen LogP contribution in [0.2, 0.25) is 0 Å². The van der Waals surface area contributed by atoms with Crippen LogP contribution in [0, 0.1) is 0 Å². The summed E-state index contributed by atoms with van der Waals surface area (Å²) in [5.74, 6) is 0.373. The second-order valence-electron chi connectivity index (χ2n) is 3.76. The predicted octanol–water partition coefficient (Wildman–Crippen LogP) is 2.83. The maximum absolute atomic E-state index is 10.7. The van der Waals surface area contributed by atoms with E-state index in [2.05, 4.69) is 0 Å². The molecule has 3 heteroatoms. The second kappa shape index (κ2) is 4.23. The lowest BCUT2D eigenvalue weighted by atomic mass is 10.1. The molecule has 0 aliphatic carbocycles. The molecule has 2 rings (SSSR count). The van der Waals surface area contributed by atoms with Gasteiger partial charge in [0.15, 0.2) is 12.0 Å². The first-order valence-electron chi connectivity index (χ1n) is 5.03. The molecule has 82 valence electrons. The van der Waals surface area contributed by atoms with Crippen LogP contribution in [0.3, 0.4) is 0 Å². The summed E-state index contributed by atoms with van der Waals surface area (Å²) in [5.41, 5.74) is 2.95. The van der Waals surface area contributed by atoms with E-state index in [1.54, 1.807) is 6.07 Å². The van der Waals surface area contributed by atoms with Gasteiger partial charge in [0, 0.05) is 25.3 Å². The smallest absolute Gasteiger partial charge is 0.185 e. The highest BCUT2D eigenvalue weighted by Gasteiger charge is 2.07. The first-order valence-corrected chi connectivity index (χ1v) is 5.03. The topological polar surface area (TPSA) is 33.5 Å². The average molecular weight is 215 g/mol. The number of carbonyl (C=O) groups is 1. The fraction of sp³-hybridized carbons (Fsp3) is 0.154. The van der Waals surface area contributed by atoms with Crippen molar-refractivity contribution in [3.05, 3.63) is 42.4 Å². The highest BCUT2D eigenvalue weighted by Crippen LogP contribution is 2.25. The molecule has 0 aliphatic rings. The minimum Gasteiger partial charge on any atom is -0.461 e. The van der Waals surface area contributed by atoms with Gasteiger partial charge in [0.05, 0.1) is 6.26 Å². The van der Waals surface area contributed by atoms with Gasteiger partial charge in [-0.25, -0.2) is 0 Å². The Hall–Kier alpha value is -2.03. The van der Waals surface area contributed by atoms with Gasteiger partial charge >= 0.3 is 0 Å². The van der Waals surface area contributed by atoms with Crippen molar-refractivity contribution in [2.24, 2.45) is 0 Å². The Bertz CT molecular complexity index is 483. The summed E-state index contributed by atoms with van der Waals surface area (Å²) in [4.78, 5) is 12.8. The average Bonchev–Trinajstić information content (AvgIpc) is 2.77. The van der Waals surface area contributed by atoms with E-state index in [1.165, 1.54) is 6.26 Å². The molecule has 0 N–H and O–H groups in total. The van der Waals surface area contributed by atoms with Crippen molar-refractivity contribution in [1.82, 2.24) is 0 Å². The minimum atomic E-state index is 0.373. The predicted molar refractivity (Wildman–Crippen MR) is 63.9 cm³/mol. The Morgan fingerprint density at radius 3 is 2.38 bits per heavy atom. The van der Waals surface area contributed by atoms with Gasteiger partial charge in [0.2, 0.25) is 0 Å². The van der Waals surface area contributed by atoms with Crippen molar-refractivity contribution in [2.45, 2.75) is 0 Å². The largest absolute Gasteiger partial charge is 0.461 e. The van der Waals surface area contributed by atoms with Crippen LogP contribution in [0.15, 0.2) is 41.0 Å². The molecular weight excluding hydrogens is 202 g/mol. The first kappa shape index (κ1) is 10.5. The van der Waals surface area contributed by atoms with E-state index in [0.29, 0.717) is 5.76 Å². The molecule has 0 fully saturated rings. The number of carbonyl (C=O) groups excluding carboxylic acids is 1. The summed E-state index contributed by atoms with van der Waals surface area (Å²) >= 11 is 0. The van der Waals surface area contributed by atoms with Crippen molar-refractivity contribution >= 4 is 12.0 Å². The summed E-state index contributed by atoms with van der Waals surface area (Å²) in [6, 6.07) is 9.78. The lowest BCUT2D eigenvalue weighted by molar-refractivity contribution is 0.110. The van der Waals surface area contributed by atoms with Crippen molar-refractivity contribution < 1.29 is 9.21 Å². The van der Waals surface area contributed by atoms with Crippen molar-refractivity contribution in [2.75, 3.05) is 19.0 Å². The SMILES string of the molecule is CN(C)c1ccc(-c2ccoc2C=O)cc1. The molecule has 2 aromatic rings. The third kappa shape index (κ3) is 1.84. The number of anilines is 1. The van der Waals surface area contributed by atoms with Crippen LogP contribution >= 0.6 is 0 Å². The molecule has 16 heavy (non-hydrogen) atoms. The molecule has 1 aromatic carbocycles. The van der Waals surface area contributed by atoms with Crippen LogP contribution in [0.25, 0.3) is 11.1 Å². The van der Waals surface area contributed by atoms with Crippen molar-refractivity contribution in [1.29, 1.82) is 0 Å². The zero-order valence-electron chi connectivity index (χ0n) is 9.31. The van der Waals surface area contributed by atoms with E-state index in [0.717, 1.165) is 23.1 Å². The number of nitrogens with zero attached hydrogens (tertiary/aromatic N) is 1. The van der Waals surface area contributed by atoms with E-state index in [-0.39, 0.29) is 0 Å². The molecule has 3 nitrogen and oxygen atoms in total. The lowest BCUT2D eigenvalue weighted by Crippen LogP contribution is -2.07. The van der Waals surface area contributed by atoms with Crippen LogP contribution in [0.5, 0.6) is 0 Å². The molecule has 0 radical (unpaired) electrons. The summed E-state index contributed by atoms with van der Waals surface area (Å²) in [7, 11) is 3.98. The fourth-order valence-corrected chi connectivity index (χ4v) is 1.59. The standard InChI is InChI=1S/C13H13NO2/c1-14(2)11-5-3-10(4-6-11)12-7-8-16-13(12)9-15/h3-9H,1-2H3. The molecular formula is C13H13NO2. The van der Waals surface area contributed by atoms with E-state index in [4.69, 9.17) is 4.42 Å². The molecule has 0 spiro atoms. The maximum Gasteiger partial charge on any atom is 0.185 e. The van der Waals surface area contributed by atoms with Gasteiger partial charge in [-0.2, -0.15) is 0 Å². The summed E-state index contributed by atoms with van der Waals surface area (Å²) in [5, 5.41) is 0. The second-order valence-corrected chi connectivity index (χ2v) is 3.76. The van der Waals surface area contributed by atoms with Gasteiger partial charge in [-0.05, 0) is 23.8 Å². The highest BCUT2D eigenvalue weighted by atomic mass is 16.3. The highest BCUT2D eigenvalue weighted by molar-refractivity contribution is 5.84. The molecule has 0 bridgehead atoms. The Kier molecular flexibility index (Phi) is 2.77. The lowest BCUT2D eigenvalue weighted by Gasteiger charge is -2.12. The van der Waals surface area contributed by atoms with Crippen LogP contribution in [0.1, 0.15) is 10.6 Å². The minimum absolute atomic E-state index is 0.373. The monoisotopic (exact) mass is 215 g/mol. The summed E-state index contributed by atoms with van der Waals surface area (Å²) in [6.07, 6.45) is 2.26. The molecule has 1 aromatic heterocycles. The third-order valence-corrected chi connectivity index (χ3v) is 2.50. The van der Waals surface area contributed by atoms with Gasteiger partial charge in [-0.15, -0.1) is 0 Å². The number of hydrogen-bond donors (Lipinski definition) is 0. The molecule has 1 heterocycles. The molecule has 0 unspecified atom stereocenters. The molecule has 0 amide bonds. The van der Waals surface area contributed by atoms with Crippen LogP contribution in [0.4, 0.5) is 5.69 Å². The Labute approximate surface area is 94.3 Å². The van der Waals surface area contributed by atoms with Gasteiger partial charge in [0.1, 0.15) is 0 Å². The number of furan rings is 1. The van der Waals surface area contributed by atoms with Gasteiger partial charge < -0.3 is 9.32 Å². The van der Waals surface area contributed by atoms with Crippen LogP contribution < -0.4 is 4.90 Å². The molecule has 0 saturated heterocycles. The van der Waals surface area contributed by atoms with Crippen LogP contribution in [-0.4, -0.2) is 20.4 Å². The van der Waals surface area contributed by atoms with Gasteiger partial charge in [-0.1, -0.05) is 12.1 Å². The summed E-state index contributed by atoms with van der Waals surface area (Å²) in [6.45, 7) is 0. The zero-order valence-corrected chi connectivity index (χ0v) is 9.31. The quantitative estimate of drug-likeness (QED) is 0.738. The fourth-order valence-electron chi connectivity index (χ4n) is 1.59. The van der Waals surface area contributed by atoms with E-state index >= 15 is 0 Å². The Morgan fingerprint density at radius 2 is 1.81 bits per heavy atom. The normalized spacial score (nSPS) is 10.1. The van der Waals surface area contributed by atoms with E-state index in [1.807, 2.05) is 43.3 Å². The first-order chi connectivity index (χ1) is 7.72. The van der Waals surface area contributed by atoms with Gasteiger partial charge in [-0.3, -0.25) is 4.79 Å². The maximum atomic E-state index is 10.7. The summed E-state index contributed by atoms with van der Waals surface area (Å²) < 4.78 is 5.07. The van der Waals surface area contributed by atoms with E-state index in [9.17, 15) is 4.79 Å². The number of hydrogen-bond acceptors (Lipinski definition) is 3. The van der Waals surface area contributed by atoms with Gasteiger partial charge in [0.25, 0.3) is 0 Å². The third-order valence-electron chi connectivity index (χ3n) is 2.50. The molecule has 0 atom stereocenters. The Morgan fingerprint density at radius 1 is 1.12 bits per heavy atom. The Balaban J connectivity index is 2.38. The zero-order chi connectivity index (χ0) is 11.5. The van der Waals surface area contributed by atoms with Crippen molar-refractivity contribution in [3.8, 4) is 11.1 Å². The van der Waals surface area contributed by atoms with Crippen LogP contribution in [-0.2, 0) is 0 Å². The number of aldehydes is 1. The number of rotatable bonds is 3. The number of benzene rings is 1. The van der Waals surface area contributed by atoms with E-state index < -0.39 is 0 Å².